The lowest BCUT2D eigenvalue weighted by molar-refractivity contribution is -0.129. The first kappa shape index (κ1) is 22.2. The van der Waals surface area contributed by atoms with Gasteiger partial charge in [-0.05, 0) is 45.2 Å². The number of aliphatic imine (C=N–C) groups is 1. The van der Waals surface area contributed by atoms with E-state index in [-0.39, 0.29) is 17.6 Å². The molecule has 1 amide bonds. The maximum atomic E-state index is 11.9. The van der Waals surface area contributed by atoms with Crippen molar-refractivity contribution >= 4 is 11.9 Å². The summed E-state index contributed by atoms with van der Waals surface area (Å²) in [5, 5.41) is 6.78. The Bertz CT molecular complexity index is 667. The van der Waals surface area contributed by atoms with Gasteiger partial charge in [0.2, 0.25) is 5.91 Å². The van der Waals surface area contributed by atoms with Crippen molar-refractivity contribution in [3.63, 3.8) is 0 Å². The summed E-state index contributed by atoms with van der Waals surface area (Å²) >= 11 is 0. The summed E-state index contributed by atoms with van der Waals surface area (Å²) in [6.07, 6.45) is 1.52. The number of guanidine groups is 1. The topological polar surface area (TPSA) is 66.0 Å². The minimum Gasteiger partial charge on any atom is -0.371 e. The quantitative estimate of drug-likeness (QED) is 0.557. The number of hydrogen-bond donors (Lipinski definition) is 2. The molecule has 0 aromatic heterocycles. The lowest BCUT2D eigenvalue weighted by Crippen LogP contribution is -2.45. The molecule has 1 atom stereocenters. The van der Waals surface area contributed by atoms with Crippen molar-refractivity contribution in [3.05, 3.63) is 35.4 Å². The Morgan fingerprint density at radius 2 is 2.04 bits per heavy atom. The molecule has 6 heteroatoms. The molecule has 6 nitrogen and oxygen atoms in total. The normalized spacial score (nSPS) is 17.7. The minimum atomic E-state index is -0.148. The van der Waals surface area contributed by atoms with Gasteiger partial charge in [0.05, 0.1) is 18.8 Å². The van der Waals surface area contributed by atoms with Gasteiger partial charge in [-0.25, -0.2) is 4.99 Å². The number of likely N-dealkylation sites (tertiary alicyclic amines) is 1. The second kappa shape index (κ2) is 10.5. The van der Waals surface area contributed by atoms with Gasteiger partial charge in [0.15, 0.2) is 5.96 Å². The van der Waals surface area contributed by atoms with E-state index in [0.717, 1.165) is 43.1 Å². The van der Waals surface area contributed by atoms with Crippen LogP contribution in [0.2, 0.25) is 0 Å². The largest absolute Gasteiger partial charge is 0.371 e. The average molecular weight is 389 g/mol. The second-order valence-electron chi connectivity index (χ2n) is 8.24. The number of carbonyl (C=O) groups excluding carboxylic acids is 1. The molecule has 1 aromatic rings. The SMILES string of the molecule is CCNC(=NCc1cccc(COC(C)(C)C)c1)NC1CCN(C(=O)CC)C1. The molecule has 28 heavy (non-hydrogen) atoms. The molecule has 0 spiro atoms. The molecule has 1 saturated heterocycles. The van der Waals surface area contributed by atoms with E-state index in [9.17, 15) is 4.79 Å². The van der Waals surface area contributed by atoms with Crippen LogP contribution in [0.4, 0.5) is 0 Å². The Morgan fingerprint density at radius 3 is 2.71 bits per heavy atom. The minimum absolute atomic E-state index is 0.148. The van der Waals surface area contributed by atoms with Gasteiger partial charge in [-0.1, -0.05) is 31.2 Å². The highest BCUT2D eigenvalue weighted by Gasteiger charge is 2.25. The van der Waals surface area contributed by atoms with Gasteiger partial charge in [-0.3, -0.25) is 4.79 Å². The van der Waals surface area contributed by atoms with Crippen molar-refractivity contribution in [2.45, 2.75) is 72.3 Å². The summed E-state index contributed by atoms with van der Waals surface area (Å²) in [5.41, 5.74) is 2.16. The molecule has 156 valence electrons. The van der Waals surface area contributed by atoms with Gasteiger partial charge < -0.3 is 20.3 Å². The number of ether oxygens (including phenoxy) is 1. The van der Waals surface area contributed by atoms with Crippen LogP contribution >= 0.6 is 0 Å². The lowest BCUT2D eigenvalue weighted by Gasteiger charge is -2.20. The molecule has 1 aromatic carbocycles. The molecule has 2 N–H and O–H groups in total. The van der Waals surface area contributed by atoms with Crippen LogP contribution in [0.5, 0.6) is 0 Å². The molecular weight excluding hydrogens is 352 g/mol. The van der Waals surface area contributed by atoms with Crippen LogP contribution in [0.15, 0.2) is 29.3 Å². The highest BCUT2D eigenvalue weighted by atomic mass is 16.5. The Hall–Kier alpha value is -2.08. The van der Waals surface area contributed by atoms with Crippen molar-refractivity contribution < 1.29 is 9.53 Å². The van der Waals surface area contributed by atoms with Gasteiger partial charge in [0, 0.05) is 32.1 Å². The first-order chi connectivity index (χ1) is 13.3. The molecule has 0 aliphatic carbocycles. The summed E-state index contributed by atoms with van der Waals surface area (Å²) in [6, 6.07) is 8.62. The summed E-state index contributed by atoms with van der Waals surface area (Å²) in [7, 11) is 0. The zero-order chi connectivity index (χ0) is 20.6. The fourth-order valence-electron chi connectivity index (χ4n) is 3.13. The van der Waals surface area contributed by atoms with E-state index in [1.165, 1.54) is 0 Å². The van der Waals surface area contributed by atoms with Crippen molar-refractivity contribution in [1.29, 1.82) is 0 Å². The van der Waals surface area contributed by atoms with Crippen molar-refractivity contribution in [2.24, 2.45) is 4.99 Å². The maximum Gasteiger partial charge on any atom is 0.222 e. The zero-order valence-corrected chi connectivity index (χ0v) is 18.0. The Morgan fingerprint density at radius 1 is 1.29 bits per heavy atom. The van der Waals surface area contributed by atoms with Crippen LogP contribution in [-0.4, -0.2) is 48.0 Å². The molecule has 0 radical (unpaired) electrons. The van der Waals surface area contributed by atoms with Gasteiger partial charge >= 0.3 is 0 Å². The summed E-state index contributed by atoms with van der Waals surface area (Å²) in [6.45, 7) is 13.7. The zero-order valence-electron chi connectivity index (χ0n) is 18.0. The highest BCUT2D eigenvalue weighted by molar-refractivity contribution is 5.80. The molecule has 1 aliphatic rings. The van der Waals surface area contributed by atoms with E-state index in [0.29, 0.717) is 19.6 Å². The van der Waals surface area contributed by atoms with Crippen LogP contribution in [0, 0.1) is 0 Å². The van der Waals surface area contributed by atoms with Gasteiger partial charge in [0.1, 0.15) is 0 Å². The van der Waals surface area contributed by atoms with Crippen molar-refractivity contribution in [3.8, 4) is 0 Å². The fourth-order valence-corrected chi connectivity index (χ4v) is 3.13. The smallest absolute Gasteiger partial charge is 0.222 e. The third-order valence-corrected chi connectivity index (χ3v) is 4.61. The standard InChI is InChI=1S/C22H36N4O2/c1-6-20(27)26-12-11-19(15-26)25-21(23-7-2)24-14-17-9-8-10-18(13-17)16-28-22(3,4)5/h8-10,13,19H,6-7,11-12,14-16H2,1-5H3,(H2,23,24,25). The van der Waals surface area contributed by atoms with E-state index < -0.39 is 0 Å². The number of benzene rings is 1. The molecule has 1 heterocycles. The summed E-state index contributed by atoms with van der Waals surface area (Å²) < 4.78 is 5.87. The number of nitrogens with one attached hydrogen (secondary N) is 2. The molecule has 1 unspecified atom stereocenters. The fraction of sp³-hybridized carbons (Fsp3) is 0.636. The number of rotatable bonds is 7. The summed E-state index contributed by atoms with van der Waals surface area (Å²) in [5.74, 6) is 1.02. The number of amides is 1. The van der Waals surface area contributed by atoms with Crippen LogP contribution in [-0.2, 0) is 22.7 Å². The lowest BCUT2D eigenvalue weighted by atomic mass is 10.1. The maximum absolute atomic E-state index is 11.9. The number of carbonyl (C=O) groups is 1. The van der Waals surface area contributed by atoms with Gasteiger partial charge in [-0.15, -0.1) is 0 Å². The van der Waals surface area contributed by atoms with Gasteiger partial charge in [0.25, 0.3) is 0 Å². The van der Waals surface area contributed by atoms with Crippen molar-refractivity contribution in [1.82, 2.24) is 15.5 Å². The van der Waals surface area contributed by atoms with Crippen LogP contribution < -0.4 is 10.6 Å². The van der Waals surface area contributed by atoms with E-state index in [1.807, 2.05) is 11.8 Å². The van der Waals surface area contributed by atoms with E-state index in [4.69, 9.17) is 9.73 Å². The molecule has 1 fully saturated rings. The molecule has 2 rings (SSSR count). The monoisotopic (exact) mass is 388 g/mol. The molecular formula is C22H36N4O2. The Kier molecular flexibility index (Phi) is 8.30. The summed E-state index contributed by atoms with van der Waals surface area (Å²) in [4.78, 5) is 18.5. The third kappa shape index (κ3) is 7.50. The van der Waals surface area contributed by atoms with Crippen LogP contribution in [0.3, 0.4) is 0 Å². The second-order valence-corrected chi connectivity index (χ2v) is 8.24. The van der Waals surface area contributed by atoms with Crippen molar-refractivity contribution in [2.75, 3.05) is 19.6 Å². The average Bonchev–Trinajstić information content (AvgIpc) is 3.12. The first-order valence-corrected chi connectivity index (χ1v) is 10.3. The molecule has 1 aliphatic heterocycles. The van der Waals surface area contributed by atoms with E-state index >= 15 is 0 Å². The molecule has 0 bridgehead atoms. The third-order valence-electron chi connectivity index (χ3n) is 4.61. The Labute approximate surface area is 169 Å². The highest BCUT2D eigenvalue weighted by Crippen LogP contribution is 2.14. The van der Waals surface area contributed by atoms with Gasteiger partial charge in [-0.2, -0.15) is 0 Å². The van der Waals surface area contributed by atoms with Crippen LogP contribution in [0.1, 0.15) is 58.6 Å². The van der Waals surface area contributed by atoms with Crippen LogP contribution in [0.25, 0.3) is 0 Å². The number of nitrogens with zero attached hydrogens (tertiary/aromatic N) is 2. The first-order valence-electron chi connectivity index (χ1n) is 10.3. The predicted molar refractivity (Wildman–Crippen MR) is 114 cm³/mol. The molecule has 0 saturated carbocycles. The van der Waals surface area contributed by atoms with E-state index in [2.05, 4.69) is 62.6 Å². The Balaban J connectivity index is 1.94. The predicted octanol–water partition coefficient (Wildman–Crippen LogP) is 3.07. The number of hydrogen-bond acceptors (Lipinski definition) is 3. The van der Waals surface area contributed by atoms with E-state index in [1.54, 1.807) is 0 Å².